The molecule has 102 valence electrons. The Labute approximate surface area is 109 Å². The molecule has 4 atom stereocenters. The molecule has 0 aromatic heterocycles. The first kappa shape index (κ1) is 12.4. The van der Waals surface area contributed by atoms with E-state index in [0.717, 1.165) is 38.8 Å². The van der Waals surface area contributed by atoms with Crippen LogP contribution in [-0.4, -0.2) is 37.2 Å². The quantitative estimate of drug-likeness (QED) is 0.772. The van der Waals surface area contributed by atoms with Crippen molar-refractivity contribution in [2.75, 3.05) is 13.2 Å². The second-order valence-corrected chi connectivity index (χ2v) is 6.55. The Morgan fingerprint density at radius 3 is 3.00 bits per heavy atom. The number of hydrogen-bond donors (Lipinski definition) is 2. The molecule has 3 fully saturated rings. The maximum absolute atomic E-state index is 12.0. The highest BCUT2D eigenvalue weighted by molar-refractivity contribution is 5.82. The maximum Gasteiger partial charge on any atom is 0.237 e. The Morgan fingerprint density at radius 2 is 2.17 bits per heavy atom. The van der Waals surface area contributed by atoms with Crippen molar-refractivity contribution >= 4 is 5.91 Å². The maximum atomic E-state index is 12.0. The fourth-order valence-corrected chi connectivity index (χ4v) is 3.98. The Morgan fingerprint density at radius 1 is 1.33 bits per heavy atom. The highest BCUT2D eigenvalue weighted by Crippen LogP contribution is 2.52. The van der Waals surface area contributed by atoms with Gasteiger partial charge in [0, 0.05) is 30.5 Å². The van der Waals surface area contributed by atoms with Gasteiger partial charge in [-0.1, -0.05) is 13.8 Å². The molecule has 2 saturated heterocycles. The van der Waals surface area contributed by atoms with Crippen LogP contribution in [0.4, 0.5) is 0 Å². The largest absolute Gasteiger partial charge is 0.377 e. The van der Waals surface area contributed by atoms with Crippen LogP contribution in [0, 0.1) is 11.3 Å². The highest BCUT2D eigenvalue weighted by Gasteiger charge is 2.59. The molecule has 3 rings (SSSR count). The summed E-state index contributed by atoms with van der Waals surface area (Å²) in [5.74, 6) is 0.793. The highest BCUT2D eigenvalue weighted by atomic mass is 16.5. The number of hydrogen-bond acceptors (Lipinski definition) is 3. The third kappa shape index (κ3) is 1.86. The minimum absolute atomic E-state index is 0.00155. The second-order valence-electron chi connectivity index (χ2n) is 6.55. The summed E-state index contributed by atoms with van der Waals surface area (Å²) in [6.07, 6.45) is 4.74. The van der Waals surface area contributed by atoms with Crippen molar-refractivity contribution in [2.45, 2.75) is 57.7 Å². The molecule has 1 amide bonds. The molecular weight excluding hydrogens is 228 g/mol. The Hall–Kier alpha value is -0.610. The van der Waals surface area contributed by atoms with Crippen molar-refractivity contribution < 1.29 is 9.53 Å². The summed E-state index contributed by atoms with van der Waals surface area (Å²) < 4.78 is 5.80. The number of fused-ring (bicyclic) bond motifs is 1. The normalized spacial score (nSPS) is 42.7. The van der Waals surface area contributed by atoms with E-state index in [0.29, 0.717) is 18.1 Å². The van der Waals surface area contributed by atoms with E-state index >= 15 is 0 Å². The Balaban J connectivity index is 1.66. The van der Waals surface area contributed by atoms with Crippen LogP contribution in [0.25, 0.3) is 0 Å². The van der Waals surface area contributed by atoms with Gasteiger partial charge in [-0.15, -0.1) is 0 Å². The fraction of sp³-hybridized carbons (Fsp3) is 0.929. The molecule has 0 spiro atoms. The fourth-order valence-electron chi connectivity index (χ4n) is 3.98. The van der Waals surface area contributed by atoms with E-state index < -0.39 is 0 Å². The zero-order valence-electron chi connectivity index (χ0n) is 11.4. The average molecular weight is 252 g/mol. The standard InChI is InChI=1S/C14H24N2O2/c1-14(2)11(9-6-8-18-12(9)14)16-10-5-3-4-7-15-13(10)17/h9-12,16H,3-8H2,1-2H3,(H,15,17). The van der Waals surface area contributed by atoms with E-state index in [-0.39, 0.29) is 17.4 Å². The minimum Gasteiger partial charge on any atom is -0.377 e. The first-order valence-electron chi connectivity index (χ1n) is 7.26. The monoisotopic (exact) mass is 252 g/mol. The number of carbonyl (C=O) groups is 1. The summed E-state index contributed by atoms with van der Waals surface area (Å²) in [6, 6.07) is 0.428. The number of carbonyl (C=O) groups excluding carboxylic acids is 1. The van der Waals surface area contributed by atoms with E-state index in [1.54, 1.807) is 0 Å². The predicted molar refractivity (Wildman–Crippen MR) is 69.2 cm³/mol. The van der Waals surface area contributed by atoms with Gasteiger partial charge in [0.1, 0.15) is 0 Å². The zero-order valence-corrected chi connectivity index (χ0v) is 11.4. The second kappa shape index (κ2) is 4.49. The van der Waals surface area contributed by atoms with Crippen LogP contribution in [-0.2, 0) is 9.53 Å². The van der Waals surface area contributed by atoms with E-state index in [2.05, 4.69) is 24.5 Å². The van der Waals surface area contributed by atoms with Crippen LogP contribution in [0.5, 0.6) is 0 Å². The van der Waals surface area contributed by atoms with Crippen LogP contribution in [0.15, 0.2) is 0 Å². The number of nitrogens with one attached hydrogen (secondary N) is 2. The molecule has 1 saturated carbocycles. The molecule has 0 aromatic rings. The van der Waals surface area contributed by atoms with Gasteiger partial charge < -0.3 is 15.4 Å². The smallest absolute Gasteiger partial charge is 0.237 e. The van der Waals surface area contributed by atoms with Crippen LogP contribution in [0.1, 0.15) is 39.5 Å². The molecule has 18 heavy (non-hydrogen) atoms. The molecular formula is C14H24N2O2. The average Bonchev–Trinajstić information content (AvgIpc) is 2.69. The lowest BCUT2D eigenvalue weighted by atomic mass is 9.57. The van der Waals surface area contributed by atoms with Gasteiger partial charge >= 0.3 is 0 Å². The molecule has 2 aliphatic heterocycles. The lowest BCUT2D eigenvalue weighted by molar-refractivity contribution is -0.131. The van der Waals surface area contributed by atoms with Crippen LogP contribution >= 0.6 is 0 Å². The Bertz CT molecular complexity index is 343. The van der Waals surface area contributed by atoms with Gasteiger partial charge in [0.05, 0.1) is 12.1 Å². The van der Waals surface area contributed by atoms with Gasteiger partial charge in [0.25, 0.3) is 0 Å². The van der Waals surface area contributed by atoms with Crippen molar-refractivity contribution in [3.63, 3.8) is 0 Å². The molecule has 1 aliphatic carbocycles. The van der Waals surface area contributed by atoms with Crippen molar-refractivity contribution in [1.82, 2.24) is 10.6 Å². The van der Waals surface area contributed by atoms with Crippen LogP contribution in [0.3, 0.4) is 0 Å². The Kier molecular flexibility index (Phi) is 3.10. The lowest BCUT2D eigenvalue weighted by Crippen LogP contribution is -2.68. The number of ether oxygens (including phenoxy) is 1. The summed E-state index contributed by atoms with van der Waals surface area (Å²) in [5.41, 5.74) is 0.160. The van der Waals surface area contributed by atoms with E-state index in [1.165, 1.54) is 0 Å². The topological polar surface area (TPSA) is 50.4 Å². The van der Waals surface area contributed by atoms with E-state index in [4.69, 9.17) is 4.74 Å². The van der Waals surface area contributed by atoms with Crippen molar-refractivity contribution in [2.24, 2.45) is 11.3 Å². The van der Waals surface area contributed by atoms with E-state index in [9.17, 15) is 4.79 Å². The van der Waals surface area contributed by atoms with Gasteiger partial charge in [0.2, 0.25) is 5.91 Å². The molecule has 4 heteroatoms. The first-order chi connectivity index (χ1) is 8.60. The van der Waals surface area contributed by atoms with Gasteiger partial charge in [-0.25, -0.2) is 0 Å². The predicted octanol–water partition coefficient (Wildman–Crippen LogP) is 1.06. The van der Waals surface area contributed by atoms with Crippen LogP contribution in [0.2, 0.25) is 0 Å². The number of amides is 1. The van der Waals surface area contributed by atoms with Crippen molar-refractivity contribution in [3.8, 4) is 0 Å². The molecule has 0 radical (unpaired) electrons. The molecule has 4 unspecified atom stereocenters. The SMILES string of the molecule is CC1(C)C(NC2CCCCNC2=O)C2CCOC21. The van der Waals surface area contributed by atoms with Crippen LogP contribution < -0.4 is 10.6 Å². The summed E-state index contributed by atoms with van der Waals surface area (Å²) in [4.78, 5) is 12.0. The molecule has 3 aliphatic rings. The van der Waals surface area contributed by atoms with Gasteiger partial charge in [0.15, 0.2) is 0 Å². The lowest BCUT2D eigenvalue weighted by Gasteiger charge is -2.55. The summed E-state index contributed by atoms with van der Waals surface area (Å²) in [6.45, 7) is 6.23. The molecule has 0 aromatic carbocycles. The van der Waals surface area contributed by atoms with Crippen molar-refractivity contribution in [1.29, 1.82) is 0 Å². The van der Waals surface area contributed by atoms with Gasteiger partial charge in [-0.05, 0) is 25.7 Å². The first-order valence-corrected chi connectivity index (χ1v) is 7.26. The van der Waals surface area contributed by atoms with Gasteiger partial charge in [-0.3, -0.25) is 4.79 Å². The molecule has 2 N–H and O–H groups in total. The summed E-state index contributed by atoms with van der Waals surface area (Å²) in [5, 5.41) is 6.62. The third-order valence-corrected chi connectivity index (χ3v) is 5.02. The third-order valence-electron chi connectivity index (χ3n) is 5.02. The minimum atomic E-state index is -0.00155. The van der Waals surface area contributed by atoms with Crippen molar-refractivity contribution in [3.05, 3.63) is 0 Å². The molecule has 2 heterocycles. The summed E-state index contributed by atoms with van der Waals surface area (Å²) >= 11 is 0. The molecule has 0 bridgehead atoms. The van der Waals surface area contributed by atoms with E-state index in [1.807, 2.05) is 0 Å². The van der Waals surface area contributed by atoms with Gasteiger partial charge in [-0.2, -0.15) is 0 Å². The molecule has 4 nitrogen and oxygen atoms in total. The summed E-state index contributed by atoms with van der Waals surface area (Å²) in [7, 11) is 0. The number of rotatable bonds is 2. The zero-order chi connectivity index (χ0) is 12.8.